The zero-order valence-electron chi connectivity index (χ0n) is 7.22. The molecule has 1 amide bonds. The highest BCUT2D eigenvalue weighted by Crippen LogP contribution is 2.32. The molecule has 12 heavy (non-hydrogen) atoms. The van der Waals surface area contributed by atoms with Gasteiger partial charge < -0.3 is 5.32 Å². The molecule has 1 fully saturated rings. The Morgan fingerprint density at radius 2 is 2.33 bits per heavy atom. The van der Waals surface area contributed by atoms with E-state index in [0.29, 0.717) is 10.7 Å². The average molecular weight is 232 g/mol. The standard InChI is InChI=1S/C9H14BrNO/c1-2-3-9(12)11-6-7-4-8(10)5-7/h2-3,7-8H,4-6H2,1H3,(H,11,12)/b3-2+. The van der Waals surface area contributed by atoms with Crippen molar-refractivity contribution in [2.45, 2.75) is 24.6 Å². The fraction of sp³-hybridized carbons (Fsp3) is 0.667. The topological polar surface area (TPSA) is 29.1 Å². The van der Waals surface area contributed by atoms with Gasteiger partial charge >= 0.3 is 0 Å². The van der Waals surface area contributed by atoms with Crippen molar-refractivity contribution in [1.29, 1.82) is 0 Å². The molecule has 0 aliphatic heterocycles. The highest BCUT2D eigenvalue weighted by atomic mass is 79.9. The van der Waals surface area contributed by atoms with Crippen molar-refractivity contribution in [3.05, 3.63) is 12.2 Å². The van der Waals surface area contributed by atoms with Gasteiger partial charge in [0.1, 0.15) is 0 Å². The zero-order chi connectivity index (χ0) is 8.97. The van der Waals surface area contributed by atoms with Gasteiger partial charge in [0.05, 0.1) is 0 Å². The minimum absolute atomic E-state index is 0.0236. The average Bonchev–Trinajstić information content (AvgIpc) is 1.96. The summed E-state index contributed by atoms with van der Waals surface area (Å²) in [6, 6.07) is 0. The van der Waals surface area contributed by atoms with Crippen LogP contribution in [0, 0.1) is 5.92 Å². The van der Waals surface area contributed by atoms with Crippen molar-refractivity contribution >= 4 is 21.8 Å². The van der Waals surface area contributed by atoms with Crippen LogP contribution in [0.5, 0.6) is 0 Å². The first kappa shape index (κ1) is 9.78. The van der Waals surface area contributed by atoms with Crippen molar-refractivity contribution < 1.29 is 4.79 Å². The molecule has 1 N–H and O–H groups in total. The van der Waals surface area contributed by atoms with E-state index in [4.69, 9.17) is 0 Å². The molecule has 2 nitrogen and oxygen atoms in total. The van der Waals surface area contributed by atoms with Gasteiger partial charge in [0.25, 0.3) is 0 Å². The third-order valence-electron chi connectivity index (χ3n) is 2.06. The molecule has 1 saturated carbocycles. The molecular weight excluding hydrogens is 218 g/mol. The summed E-state index contributed by atoms with van der Waals surface area (Å²) >= 11 is 3.51. The van der Waals surface area contributed by atoms with E-state index < -0.39 is 0 Å². The van der Waals surface area contributed by atoms with E-state index in [2.05, 4.69) is 21.2 Å². The third kappa shape index (κ3) is 2.97. The van der Waals surface area contributed by atoms with Crippen molar-refractivity contribution in [2.24, 2.45) is 5.92 Å². The van der Waals surface area contributed by atoms with Crippen molar-refractivity contribution in [3.8, 4) is 0 Å². The van der Waals surface area contributed by atoms with Crippen molar-refractivity contribution in [1.82, 2.24) is 5.32 Å². The van der Waals surface area contributed by atoms with Crippen molar-refractivity contribution in [2.75, 3.05) is 6.54 Å². The number of halogens is 1. The summed E-state index contributed by atoms with van der Waals surface area (Å²) in [6.07, 6.45) is 5.69. The van der Waals surface area contributed by atoms with Crippen LogP contribution in [0.4, 0.5) is 0 Å². The SMILES string of the molecule is C/C=C/C(=O)NCC1CC(Br)C1. The van der Waals surface area contributed by atoms with E-state index in [1.54, 1.807) is 12.2 Å². The maximum absolute atomic E-state index is 11.0. The second-order valence-corrected chi connectivity index (χ2v) is 4.47. The minimum atomic E-state index is 0.0236. The number of allylic oxidation sites excluding steroid dienone is 1. The Morgan fingerprint density at radius 3 is 2.83 bits per heavy atom. The molecular formula is C9H14BrNO. The van der Waals surface area contributed by atoms with Crippen LogP contribution in [0.2, 0.25) is 0 Å². The fourth-order valence-electron chi connectivity index (χ4n) is 1.28. The lowest BCUT2D eigenvalue weighted by atomic mass is 9.85. The molecule has 1 aliphatic carbocycles. The maximum Gasteiger partial charge on any atom is 0.243 e. The van der Waals surface area contributed by atoms with Crippen LogP contribution in [-0.2, 0) is 4.79 Å². The quantitative estimate of drug-likeness (QED) is 0.584. The Kier molecular flexibility index (Phi) is 3.79. The van der Waals surface area contributed by atoms with E-state index in [-0.39, 0.29) is 5.91 Å². The lowest BCUT2D eigenvalue weighted by Gasteiger charge is -2.31. The van der Waals surface area contributed by atoms with Gasteiger partial charge in [-0.2, -0.15) is 0 Å². The van der Waals surface area contributed by atoms with E-state index in [0.717, 1.165) is 6.54 Å². The van der Waals surface area contributed by atoms with Gasteiger partial charge in [-0.15, -0.1) is 0 Å². The Morgan fingerprint density at radius 1 is 1.67 bits per heavy atom. The number of alkyl halides is 1. The molecule has 68 valence electrons. The third-order valence-corrected chi connectivity index (χ3v) is 2.81. The van der Waals surface area contributed by atoms with E-state index in [1.165, 1.54) is 12.8 Å². The highest BCUT2D eigenvalue weighted by Gasteiger charge is 2.26. The Balaban J connectivity index is 2.06. The molecule has 0 aromatic heterocycles. The normalized spacial score (nSPS) is 28.5. The predicted octanol–water partition coefficient (Wildman–Crippen LogP) is 1.85. The second kappa shape index (κ2) is 4.65. The Labute approximate surface area is 81.5 Å². The molecule has 3 heteroatoms. The lowest BCUT2D eigenvalue weighted by molar-refractivity contribution is -0.116. The smallest absolute Gasteiger partial charge is 0.243 e. The molecule has 0 aromatic carbocycles. The van der Waals surface area contributed by atoms with Crippen LogP contribution < -0.4 is 5.32 Å². The number of nitrogens with one attached hydrogen (secondary N) is 1. The number of rotatable bonds is 3. The number of hydrogen-bond acceptors (Lipinski definition) is 1. The van der Waals surface area contributed by atoms with Gasteiger partial charge in [0.15, 0.2) is 0 Å². The van der Waals surface area contributed by atoms with E-state index >= 15 is 0 Å². The first-order valence-corrected chi connectivity index (χ1v) is 5.18. The number of hydrogen-bond donors (Lipinski definition) is 1. The minimum Gasteiger partial charge on any atom is -0.352 e. The van der Waals surface area contributed by atoms with Gasteiger partial charge in [-0.25, -0.2) is 0 Å². The Bertz CT molecular complexity index is 185. The van der Waals surface area contributed by atoms with Gasteiger partial charge in [-0.3, -0.25) is 4.79 Å². The molecule has 0 aromatic rings. The molecule has 1 aliphatic rings. The lowest BCUT2D eigenvalue weighted by Crippen LogP contribution is -2.35. The van der Waals surface area contributed by atoms with Crippen LogP contribution in [0.25, 0.3) is 0 Å². The van der Waals surface area contributed by atoms with Crippen LogP contribution in [0.15, 0.2) is 12.2 Å². The van der Waals surface area contributed by atoms with Crippen LogP contribution in [0.3, 0.4) is 0 Å². The molecule has 0 saturated heterocycles. The molecule has 0 bridgehead atoms. The summed E-state index contributed by atoms with van der Waals surface area (Å²) < 4.78 is 0. The van der Waals surface area contributed by atoms with Gasteiger partial charge in [0, 0.05) is 11.4 Å². The van der Waals surface area contributed by atoms with E-state index in [1.807, 2.05) is 6.92 Å². The van der Waals surface area contributed by atoms with Crippen LogP contribution in [-0.4, -0.2) is 17.3 Å². The molecule has 0 spiro atoms. The van der Waals surface area contributed by atoms with Gasteiger partial charge in [0.2, 0.25) is 5.91 Å². The van der Waals surface area contributed by atoms with Gasteiger partial charge in [-0.05, 0) is 31.8 Å². The van der Waals surface area contributed by atoms with Crippen molar-refractivity contribution in [3.63, 3.8) is 0 Å². The summed E-state index contributed by atoms with van der Waals surface area (Å²) in [7, 11) is 0. The summed E-state index contributed by atoms with van der Waals surface area (Å²) in [5, 5.41) is 2.86. The summed E-state index contributed by atoms with van der Waals surface area (Å²) in [4.78, 5) is 11.6. The number of carbonyl (C=O) groups is 1. The molecule has 0 atom stereocenters. The van der Waals surface area contributed by atoms with E-state index in [9.17, 15) is 4.79 Å². The maximum atomic E-state index is 11.0. The molecule has 0 unspecified atom stereocenters. The first-order chi connectivity index (χ1) is 5.72. The molecule has 0 heterocycles. The number of amides is 1. The molecule has 0 radical (unpaired) electrons. The van der Waals surface area contributed by atoms with Crippen LogP contribution >= 0.6 is 15.9 Å². The first-order valence-electron chi connectivity index (χ1n) is 4.27. The number of carbonyl (C=O) groups excluding carboxylic acids is 1. The fourth-order valence-corrected chi connectivity index (χ4v) is 2.33. The monoisotopic (exact) mass is 231 g/mol. The highest BCUT2D eigenvalue weighted by molar-refractivity contribution is 9.09. The van der Waals surface area contributed by atoms with Crippen LogP contribution in [0.1, 0.15) is 19.8 Å². The Hall–Kier alpha value is -0.310. The second-order valence-electron chi connectivity index (χ2n) is 3.18. The van der Waals surface area contributed by atoms with Gasteiger partial charge in [-0.1, -0.05) is 22.0 Å². The largest absolute Gasteiger partial charge is 0.352 e. The molecule has 1 rings (SSSR count). The zero-order valence-corrected chi connectivity index (χ0v) is 8.80. The summed E-state index contributed by atoms with van der Waals surface area (Å²) in [5.41, 5.74) is 0. The predicted molar refractivity (Wildman–Crippen MR) is 53.3 cm³/mol. The summed E-state index contributed by atoms with van der Waals surface area (Å²) in [5.74, 6) is 0.708. The summed E-state index contributed by atoms with van der Waals surface area (Å²) in [6.45, 7) is 2.67.